The lowest BCUT2D eigenvalue weighted by Crippen LogP contribution is -2.50. The van der Waals surface area contributed by atoms with Crippen LogP contribution in [0.4, 0.5) is 13.6 Å². The number of thiophene rings is 1. The molecule has 2 rings (SSSR count). The molecule has 0 aromatic carbocycles. The van der Waals surface area contributed by atoms with Gasteiger partial charge in [-0.2, -0.15) is 0 Å². The van der Waals surface area contributed by atoms with Crippen LogP contribution in [0.15, 0.2) is 10.3 Å². The molecule has 1 atom stereocenters. The molecule has 0 unspecified atom stereocenters. The van der Waals surface area contributed by atoms with Gasteiger partial charge in [0.15, 0.2) is 0 Å². The van der Waals surface area contributed by atoms with E-state index >= 15 is 0 Å². The number of amides is 2. The van der Waals surface area contributed by atoms with E-state index in [2.05, 4.69) is 5.32 Å². The molecular formula is C13H19F2N3O3S2. The van der Waals surface area contributed by atoms with Crippen LogP contribution in [0.25, 0.3) is 0 Å². The largest absolute Gasteiger partial charge is 0.329 e. The van der Waals surface area contributed by atoms with Crippen molar-refractivity contribution in [3.63, 3.8) is 0 Å². The summed E-state index contributed by atoms with van der Waals surface area (Å²) in [4.78, 5) is 14.4. The molecule has 1 aromatic heterocycles. The summed E-state index contributed by atoms with van der Waals surface area (Å²) in [5, 5.41) is 7.45. The van der Waals surface area contributed by atoms with Gasteiger partial charge in [-0.3, -0.25) is 0 Å². The van der Waals surface area contributed by atoms with E-state index in [-0.39, 0.29) is 10.8 Å². The Bertz CT molecular complexity index is 681. The minimum absolute atomic E-state index is 0.0531. The summed E-state index contributed by atoms with van der Waals surface area (Å²) in [5.41, 5.74) is 0.693. The lowest BCUT2D eigenvalue weighted by atomic mass is 10.1. The summed E-state index contributed by atoms with van der Waals surface area (Å²) >= 11 is 1.09. The number of halogens is 2. The number of nitrogens with zero attached hydrogens (tertiary/aromatic N) is 1. The molecule has 0 bridgehead atoms. The van der Waals surface area contributed by atoms with Crippen molar-refractivity contribution in [1.29, 1.82) is 0 Å². The molecule has 1 aliphatic heterocycles. The third-order valence-corrected chi connectivity index (χ3v) is 6.35. The molecule has 23 heavy (non-hydrogen) atoms. The summed E-state index contributed by atoms with van der Waals surface area (Å²) < 4.78 is 48.7. The van der Waals surface area contributed by atoms with Gasteiger partial charge in [-0.25, -0.2) is 27.1 Å². The van der Waals surface area contributed by atoms with E-state index in [9.17, 15) is 22.0 Å². The van der Waals surface area contributed by atoms with Gasteiger partial charge in [0.2, 0.25) is 10.0 Å². The zero-order valence-electron chi connectivity index (χ0n) is 12.8. The number of alkyl halides is 2. The first-order valence-corrected chi connectivity index (χ1v) is 9.44. The van der Waals surface area contributed by atoms with Crippen LogP contribution in [0.2, 0.25) is 0 Å². The molecule has 2 heterocycles. The van der Waals surface area contributed by atoms with Crippen LogP contribution in [-0.4, -0.2) is 38.4 Å². The third kappa shape index (κ3) is 4.18. The average molecular weight is 367 g/mol. The quantitative estimate of drug-likeness (QED) is 0.849. The van der Waals surface area contributed by atoms with Crippen LogP contribution in [0, 0.1) is 5.92 Å². The van der Waals surface area contributed by atoms with Gasteiger partial charge in [0.25, 0.3) is 6.43 Å². The van der Waals surface area contributed by atoms with Gasteiger partial charge < -0.3 is 10.2 Å². The zero-order chi connectivity index (χ0) is 17.4. The summed E-state index contributed by atoms with van der Waals surface area (Å²) in [6.07, 6.45) is -2.17. The maximum atomic E-state index is 12.9. The molecule has 3 N–H and O–H groups in total. The van der Waals surface area contributed by atoms with Gasteiger partial charge in [-0.15, -0.1) is 11.3 Å². The highest BCUT2D eigenvalue weighted by atomic mass is 32.2. The molecule has 6 nitrogen and oxygen atoms in total. The fourth-order valence-electron chi connectivity index (χ4n) is 2.37. The van der Waals surface area contributed by atoms with E-state index in [1.165, 1.54) is 11.0 Å². The van der Waals surface area contributed by atoms with Crippen molar-refractivity contribution in [2.45, 2.75) is 43.5 Å². The van der Waals surface area contributed by atoms with Crippen molar-refractivity contribution >= 4 is 27.4 Å². The van der Waals surface area contributed by atoms with Crippen LogP contribution < -0.4 is 10.5 Å². The van der Waals surface area contributed by atoms with E-state index < -0.39 is 34.4 Å². The van der Waals surface area contributed by atoms with Crippen LogP contribution in [0.1, 0.15) is 24.3 Å². The summed E-state index contributed by atoms with van der Waals surface area (Å²) in [6, 6.07) is -0.341. The van der Waals surface area contributed by atoms with Crippen molar-refractivity contribution < 1.29 is 22.0 Å². The van der Waals surface area contributed by atoms with Gasteiger partial charge in [0, 0.05) is 18.0 Å². The molecular weight excluding hydrogens is 348 g/mol. The minimum atomic E-state index is -3.78. The van der Waals surface area contributed by atoms with Crippen LogP contribution >= 0.6 is 11.3 Å². The molecule has 0 saturated carbocycles. The van der Waals surface area contributed by atoms with E-state index in [1.54, 1.807) is 13.8 Å². The lowest BCUT2D eigenvalue weighted by molar-refractivity contribution is 0.0758. The Morgan fingerprint density at radius 2 is 2.09 bits per heavy atom. The normalized spacial score (nSPS) is 16.6. The summed E-state index contributed by atoms with van der Waals surface area (Å²) in [5.74, 6) is -0.394. The Morgan fingerprint density at radius 3 is 2.61 bits per heavy atom. The van der Waals surface area contributed by atoms with E-state index in [1.807, 2.05) is 0 Å². The molecule has 0 fully saturated rings. The van der Waals surface area contributed by atoms with Gasteiger partial charge in [-0.05, 0) is 24.0 Å². The molecule has 130 valence electrons. The second-order valence-corrected chi connectivity index (χ2v) is 8.71. The molecule has 0 saturated heterocycles. The molecule has 1 aromatic rings. The first-order chi connectivity index (χ1) is 10.6. The van der Waals surface area contributed by atoms with Gasteiger partial charge in [0.05, 0.1) is 6.04 Å². The van der Waals surface area contributed by atoms with Crippen molar-refractivity contribution in [2.24, 2.45) is 11.1 Å². The molecule has 0 aliphatic carbocycles. The van der Waals surface area contributed by atoms with E-state index in [0.29, 0.717) is 18.5 Å². The Labute approximate surface area is 137 Å². The average Bonchev–Trinajstić information content (AvgIpc) is 2.86. The maximum absolute atomic E-state index is 12.9. The van der Waals surface area contributed by atoms with Crippen molar-refractivity contribution in [2.75, 3.05) is 6.54 Å². The first-order valence-electron chi connectivity index (χ1n) is 7.07. The van der Waals surface area contributed by atoms with Gasteiger partial charge in [0.1, 0.15) is 4.21 Å². The fraction of sp³-hybridized carbons (Fsp3) is 0.615. The number of hydrogen-bond donors (Lipinski definition) is 2. The Hall–Kier alpha value is -1.26. The van der Waals surface area contributed by atoms with Crippen molar-refractivity contribution in [3.05, 3.63) is 16.5 Å². The molecule has 2 amide bonds. The number of primary sulfonamides is 1. The van der Waals surface area contributed by atoms with Crippen LogP contribution in [-0.2, 0) is 23.0 Å². The Kier molecular flexibility index (Phi) is 5.27. The number of hydrogen-bond acceptors (Lipinski definition) is 4. The highest BCUT2D eigenvalue weighted by Crippen LogP contribution is 2.30. The minimum Gasteiger partial charge on any atom is -0.329 e. The number of rotatable bonds is 4. The number of carbonyl (C=O) groups excluding carboxylic acids is 1. The number of sulfonamides is 1. The highest BCUT2D eigenvalue weighted by Gasteiger charge is 2.30. The molecule has 0 radical (unpaired) electrons. The first kappa shape index (κ1) is 18.1. The monoisotopic (exact) mass is 367 g/mol. The summed E-state index contributed by atoms with van der Waals surface area (Å²) in [6.45, 7) is 3.75. The number of fused-ring (bicyclic) bond motifs is 1. The highest BCUT2D eigenvalue weighted by molar-refractivity contribution is 7.91. The number of nitrogens with two attached hydrogens (primary N) is 1. The SMILES string of the molecule is CC(C)[C@H](NC(=O)N1CCc2sc(S(N)(=O)=O)cc2C1)C(F)F. The molecule has 10 heteroatoms. The Morgan fingerprint density at radius 1 is 1.43 bits per heavy atom. The van der Waals surface area contributed by atoms with Crippen LogP contribution in [0.3, 0.4) is 0 Å². The van der Waals surface area contributed by atoms with Crippen molar-refractivity contribution in [1.82, 2.24) is 10.2 Å². The number of carbonyl (C=O) groups is 1. The fourth-order valence-corrected chi connectivity index (χ4v) is 4.34. The van der Waals surface area contributed by atoms with Crippen LogP contribution in [0.5, 0.6) is 0 Å². The maximum Gasteiger partial charge on any atom is 0.318 e. The summed E-state index contributed by atoms with van der Waals surface area (Å²) in [7, 11) is -3.78. The van der Waals surface area contributed by atoms with E-state index in [4.69, 9.17) is 5.14 Å². The molecule has 0 spiro atoms. The predicted octanol–water partition coefficient (Wildman–Crippen LogP) is 1.75. The topological polar surface area (TPSA) is 92.5 Å². The number of urea groups is 1. The van der Waals surface area contributed by atoms with Crippen molar-refractivity contribution in [3.8, 4) is 0 Å². The lowest BCUT2D eigenvalue weighted by Gasteiger charge is -2.30. The number of nitrogens with one attached hydrogen (secondary N) is 1. The van der Waals surface area contributed by atoms with Gasteiger partial charge in [-0.1, -0.05) is 13.8 Å². The van der Waals surface area contributed by atoms with E-state index in [0.717, 1.165) is 16.2 Å². The standard InChI is InChI=1S/C13H19F2N3O3S2/c1-7(2)11(12(14)15)17-13(19)18-4-3-9-8(6-18)5-10(22-9)23(16,20)21/h5,7,11-12H,3-4,6H2,1-2H3,(H,17,19)(H2,16,20,21)/t11-/m0/s1. The third-order valence-electron chi connectivity index (χ3n) is 3.69. The zero-order valence-corrected chi connectivity index (χ0v) is 14.4. The molecule has 1 aliphatic rings. The smallest absolute Gasteiger partial charge is 0.318 e. The van der Waals surface area contributed by atoms with Gasteiger partial charge >= 0.3 is 6.03 Å². The Balaban J connectivity index is 2.10. The second-order valence-electron chi connectivity index (χ2n) is 5.78. The second kappa shape index (κ2) is 6.70. The predicted molar refractivity (Wildman–Crippen MR) is 83.0 cm³/mol.